The molecule has 0 spiro atoms. The van der Waals surface area contributed by atoms with Crippen LogP contribution in [0.5, 0.6) is 17.5 Å². The lowest BCUT2D eigenvalue weighted by Crippen LogP contribution is -2.38. The fraction of sp³-hybridized carbons (Fsp3) is 0.167. The van der Waals surface area contributed by atoms with Crippen molar-refractivity contribution < 1.29 is 18.7 Å². The number of anilines is 1. The highest BCUT2D eigenvalue weighted by Gasteiger charge is 2.44. The minimum Gasteiger partial charge on any atom is -0.481 e. The van der Waals surface area contributed by atoms with Gasteiger partial charge >= 0.3 is 0 Å². The van der Waals surface area contributed by atoms with Gasteiger partial charge in [0.15, 0.2) is 5.13 Å². The standard InChI is InChI=1S/C30H24FN3O3S/c1-30(2,26-20-10-6-7-11-24(20)37-27-21(26)13-15-25(33-27)36-3)28(35)34-29-32-23(16-38-29)19-12-14-22(31)18-9-5-4-8-17(18)19/h4-16,26H,1-3H3,(H,32,34,35). The molecule has 0 saturated heterocycles. The molecule has 0 aliphatic carbocycles. The number of rotatable bonds is 5. The summed E-state index contributed by atoms with van der Waals surface area (Å²) >= 11 is 1.33. The van der Waals surface area contributed by atoms with Crippen molar-refractivity contribution in [2.75, 3.05) is 12.4 Å². The molecule has 0 radical (unpaired) electrons. The van der Waals surface area contributed by atoms with Crippen LogP contribution in [0.1, 0.15) is 30.9 Å². The molecule has 190 valence electrons. The minimum absolute atomic E-state index is 0.189. The van der Waals surface area contributed by atoms with E-state index in [4.69, 9.17) is 9.47 Å². The molecular weight excluding hydrogens is 501 g/mol. The van der Waals surface area contributed by atoms with Crippen LogP contribution in [-0.2, 0) is 4.79 Å². The van der Waals surface area contributed by atoms with E-state index in [1.54, 1.807) is 25.3 Å². The van der Waals surface area contributed by atoms with E-state index in [-0.39, 0.29) is 17.6 Å². The van der Waals surface area contributed by atoms with Gasteiger partial charge in [-0.05, 0) is 29.7 Å². The van der Waals surface area contributed by atoms with Gasteiger partial charge in [-0.1, -0.05) is 56.3 Å². The zero-order valence-corrected chi connectivity index (χ0v) is 21.8. The van der Waals surface area contributed by atoms with Gasteiger partial charge in [-0.25, -0.2) is 9.37 Å². The summed E-state index contributed by atoms with van der Waals surface area (Å²) in [6.07, 6.45) is 0. The van der Waals surface area contributed by atoms with Crippen LogP contribution in [0.25, 0.3) is 22.0 Å². The van der Waals surface area contributed by atoms with Crippen LogP contribution in [-0.4, -0.2) is 23.0 Å². The molecule has 1 aliphatic heterocycles. The number of benzene rings is 3. The average Bonchev–Trinajstić information content (AvgIpc) is 3.39. The van der Waals surface area contributed by atoms with Gasteiger partial charge < -0.3 is 14.8 Å². The Balaban J connectivity index is 1.33. The number of nitrogens with zero attached hydrogens (tertiary/aromatic N) is 2. The Kier molecular flexibility index (Phi) is 5.84. The van der Waals surface area contributed by atoms with Gasteiger partial charge in [0.25, 0.3) is 0 Å². The van der Waals surface area contributed by atoms with Crippen LogP contribution in [0.3, 0.4) is 0 Å². The second-order valence-corrected chi connectivity index (χ2v) is 10.5. The number of amides is 1. The highest BCUT2D eigenvalue weighted by Crippen LogP contribution is 2.52. The number of carbonyl (C=O) groups excluding carboxylic acids is 1. The summed E-state index contributed by atoms with van der Waals surface area (Å²) in [6.45, 7) is 3.82. The monoisotopic (exact) mass is 525 g/mol. The van der Waals surface area contributed by atoms with E-state index in [9.17, 15) is 9.18 Å². The smallest absolute Gasteiger partial charge is 0.232 e. The van der Waals surface area contributed by atoms with Crippen molar-refractivity contribution in [3.8, 4) is 28.8 Å². The normalized spacial score (nSPS) is 14.4. The van der Waals surface area contributed by atoms with Gasteiger partial charge in [0.05, 0.1) is 18.2 Å². The van der Waals surface area contributed by atoms with E-state index in [1.165, 1.54) is 17.4 Å². The number of carbonyl (C=O) groups is 1. The third kappa shape index (κ3) is 3.97. The van der Waals surface area contributed by atoms with E-state index < -0.39 is 5.41 Å². The summed E-state index contributed by atoms with van der Waals surface area (Å²) in [5.41, 5.74) is 2.31. The maximum Gasteiger partial charge on any atom is 0.232 e. The SMILES string of the molecule is COc1ccc2c(n1)Oc1ccccc1C2C(C)(C)C(=O)Nc1nc(-c2ccc(F)c3ccccc23)cs1. The molecule has 38 heavy (non-hydrogen) atoms. The summed E-state index contributed by atoms with van der Waals surface area (Å²) in [6, 6.07) is 21.8. The number of hydrogen-bond donors (Lipinski definition) is 1. The fourth-order valence-electron chi connectivity index (χ4n) is 5.04. The molecule has 0 fully saturated rings. The molecule has 0 bridgehead atoms. The van der Waals surface area contributed by atoms with Gasteiger partial charge in [0, 0.05) is 39.4 Å². The van der Waals surface area contributed by atoms with E-state index >= 15 is 0 Å². The number of pyridine rings is 1. The lowest BCUT2D eigenvalue weighted by Gasteiger charge is -2.37. The van der Waals surface area contributed by atoms with Gasteiger partial charge in [-0.15, -0.1) is 11.3 Å². The lowest BCUT2D eigenvalue weighted by molar-refractivity contribution is -0.124. The fourth-order valence-corrected chi connectivity index (χ4v) is 5.75. The third-order valence-corrected chi connectivity index (χ3v) is 7.76. The maximum atomic E-state index is 14.3. The first-order chi connectivity index (χ1) is 18.4. The van der Waals surface area contributed by atoms with E-state index in [1.807, 2.05) is 67.8 Å². The molecule has 1 amide bonds. The number of ether oxygens (including phenoxy) is 2. The Morgan fingerprint density at radius 3 is 2.55 bits per heavy atom. The van der Waals surface area contributed by atoms with Crippen molar-refractivity contribution >= 4 is 33.1 Å². The molecule has 1 aliphatic rings. The number of nitrogens with one attached hydrogen (secondary N) is 1. The molecule has 1 N–H and O–H groups in total. The summed E-state index contributed by atoms with van der Waals surface area (Å²) in [4.78, 5) is 23.0. The summed E-state index contributed by atoms with van der Waals surface area (Å²) in [7, 11) is 1.55. The molecule has 3 heterocycles. The number of para-hydroxylation sites is 1. The number of halogens is 1. The molecule has 1 unspecified atom stereocenters. The molecule has 8 heteroatoms. The Morgan fingerprint density at radius 1 is 0.974 bits per heavy atom. The van der Waals surface area contributed by atoms with Crippen LogP contribution < -0.4 is 14.8 Å². The molecule has 6 nitrogen and oxygen atoms in total. The minimum atomic E-state index is -0.890. The third-order valence-electron chi connectivity index (χ3n) is 7.00. The molecule has 6 rings (SSSR count). The van der Waals surface area contributed by atoms with E-state index in [0.29, 0.717) is 33.7 Å². The first kappa shape index (κ1) is 24.1. The Bertz CT molecular complexity index is 1700. The first-order valence-electron chi connectivity index (χ1n) is 12.1. The largest absolute Gasteiger partial charge is 0.481 e. The van der Waals surface area contributed by atoms with Crippen LogP contribution in [0.15, 0.2) is 78.2 Å². The predicted molar refractivity (Wildman–Crippen MR) is 147 cm³/mol. The molecule has 2 aromatic heterocycles. The Labute approximate surface area is 223 Å². The quantitative estimate of drug-likeness (QED) is 0.259. The number of aromatic nitrogens is 2. The zero-order chi connectivity index (χ0) is 26.4. The van der Waals surface area contributed by atoms with Crippen LogP contribution >= 0.6 is 11.3 Å². The maximum absolute atomic E-state index is 14.3. The highest BCUT2D eigenvalue weighted by atomic mass is 32.1. The van der Waals surface area contributed by atoms with Crippen LogP contribution in [0, 0.1) is 11.2 Å². The van der Waals surface area contributed by atoms with Crippen molar-refractivity contribution in [2.24, 2.45) is 5.41 Å². The summed E-state index contributed by atoms with van der Waals surface area (Å²) < 4.78 is 25.7. The highest BCUT2D eigenvalue weighted by molar-refractivity contribution is 7.14. The number of methoxy groups -OCH3 is 1. The summed E-state index contributed by atoms with van der Waals surface area (Å²) in [5.74, 6) is 0.735. The second kappa shape index (κ2) is 9.22. The zero-order valence-electron chi connectivity index (χ0n) is 21.0. The molecule has 1 atom stereocenters. The summed E-state index contributed by atoms with van der Waals surface area (Å²) in [5, 5.41) is 6.67. The molecule has 5 aromatic rings. The predicted octanol–water partition coefficient (Wildman–Crippen LogP) is 7.41. The topological polar surface area (TPSA) is 73.3 Å². The van der Waals surface area contributed by atoms with Gasteiger partial charge in [-0.3, -0.25) is 4.79 Å². The van der Waals surface area contributed by atoms with Crippen molar-refractivity contribution in [3.05, 3.63) is 95.1 Å². The molecule has 3 aromatic carbocycles. The van der Waals surface area contributed by atoms with Gasteiger partial charge in [0.1, 0.15) is 11.6 Å². The van der Waals surface area contributed by atoms with Crippen LogP contribution in [0.4, 0.5) is 9.52 Å². The Hall–Kier alpha value is -4.30. The first-order valence-corrected chi connectivity index (χ1v) is 13.0. The second-order valence-electron chi connectivity index (χ2n) is 9.68. The van der Waals surface area contributed by atoms with Crippen molar-refractivity contribution in [1.82, 2.24) is 9.97 Å². The van der Waals surface area contributed by atoms with Crippen LogP contribution in [0.2, 0.25) is 0 Å². The number of hydrogen-bond acceptors (Lipinski definition) is 6. The van der Waals surface area contributed by atoms with Crippen molar-refractivity contribution in [1.29, 1.82) is 0 Å². The van der Waals surface area contributed by atoms with Crippen molar-refractivity contribution in [3.63, 3.8) is 0 Å². The van der Waals surface area contributed by atoms with Crippen molar-refractivity contribution in [2.45, 2.75) is 19.8 Å². The number of fused-ring (bicyclic) bond motifs is 3. The molecular formula is C30H24FN3O3S. The molecule has 0 saturated carbocycles. The van der Waals surface area contributed by atoms with Gasteiger partial charge in [-0.2, -0.15) is 4.98 Å². The van der Waals surface area contributed by atoms with Gasteiger partial charge in [0.2, 0.25) is 17.7 Å². The Morgan fingerprint density at radius 2 is 1.74 bits per heavy atom. The van der Waals surface area contributed by atoms with E-state index in [2.05, 4.69) is 15.3 Å². The average molecular weight is 526 g/mol. The number of thiazole rings is 1. The van der Waals surface area contributed by atoms with E-state index in [0.717, 1.165) is 22.1 Å². The lowest BCUT2D eigenvalue weighted by atomic mass is 9.70.